The Balaban J connectivity index is 1.65. The topological polar surface area (TPSA) is 90.6 Å². The van der Waals surface area contributed by atoms with Gasteiger partial charge in [-0.15, -0.1) is 10.2 Å². The summed E-state index contributed by atoms with van der Waals surface area (Å²) in [6, 6.07) is 13.5. The molecule has 3 rings (SSSR count). The monoisotopic (exact) mass is 439 g/mol. The molecule has 0 aliphatic rings. The first-order chi connectivity index (χ1) is 15.0. The van der Waals surface area contributed by atoms with Gasteiger partial charge in [0.1, 0.15) is 0 Å². The lowest BCUT2D eigenvalue weighted by Crippen LogP contribution is -2.20. The number of methoxy groups -OCH3 is 2. The number of rotatable bonds is 9. The standard InChI is InChI=1S/C22H25N5O3S/c1-5-27-21(17-9-10-18(29-3)19(12-17)30-4)25-26-22(27)31-14-20(28)24-23-13-16-8-6-7-15(2)11-16/h6-13H,5,14H2,1-4H3,(H,24,28)/b23-13+. The number of aromatic nitrogens is 3. The van der Waals surface area contributed by atoms with Gasteiger partial charge in [0, 0.05) is 12.1 Å². The molecule has 1 amide bonds. The molecule has 1 heterocycles. The number of hydrogen-bond acceptors (Lipinski definition) is 7. The van der Waals surface area contributed by atoms with E-state index in [1.165, 1.54) is 11.8 Å². The van der Waals surface area contributed by atoms with Crippen LogP contribution in [0.1, 0.15) is 18.1 Å². The van der Waals surface area contributed by atoms with Crippen LogP contribution >= 0.6 is 11.8 Å². The number of carbonyl (C=O) groups is 1. The number of aryl methyl sites for hydroxylation is 1. The molecule has 0 unspecified atom stereocenters. The van der Waals surface area contributed by atoms with Crippen molar-refractivity contribution in [1.82, 2.24) is 20.2 Å². The number of ether oxygens (including phenoxy) is 2. The summed E-state index contributed by atoms with van der Waals surface area (Å²) in [7, 11) is 3.18. The number of hydrazone groups is 1. The summed E-state index contributed by atoms with van der Waals surface area (Å²) in [5.74, 6) is 1.92. The minimum absolute atomic E-state index is 0.176. The SMILES string of the molecule is CCn1c(SCC(=O)N/N=C/c2cccc(C)c2)nnc1-c1ccc(OC)c(OC)c1. The third-order valence-corrected chi connectivity index (χ3v) is 5.42. The summed E-state index contributed by atoms with van der Waals surface area (Å²) in [5, 5.41) is 13.2. The van der Waals surface area contributed by atoms with Crippen LogP contribution in [0.25, 0.3) is 11.4 Å². The smallest absolute Gasteiger partial charge is 0.250 e. The molecule has 0 radical (unpaired) electrons. The Morgan fingerprint density at radius 1 is 1.16 bits per heavy atom. The molecule has 0 aliphatic heterocycles. The fourth-order valence-electron chi connectivity index (χ4n) is 2.96. The van der Waals surface area contributed by atoms with Crippen LogP contribution < -0.4 is 14.9 Å². The first-order valence-electron chi connectivity index (χ1n) is 9.72. The number of carbonyl (C=O) groups excluding carboxylic acids is 1. The van der Waals surface area contributed by atoms with Gasteiger partial charge in [-0.1, -0.05) is 41.6 Å². The van der Waals surface area contributed by atoms with Crippen molar-refractivity contribution < 1.29 is 14.3 Å². The van der Waals surface area contributed by atoms with Gasteiger partial charge in [-0.3, -0.25) is 4.79 Å². The average molecular weight is 440 g/mol. The molecule has 0 spiro atoms. The van der Waals surface area contributed by atoms with Crippen molar-refractivity contribution in [1.29, 1.82) is 0 Å². The van der Waals surface area contributed by atoms with Crippen molar-refractivity contribution in [3.8, 4) is 22.9 Å². The zero-order valence-corrected chi connectivity index (χ0v) is 18.8. The molecule has 2 aromatic carbocycles. The second-order valence-corrected chi connectivity index (χ2v) is 7.56. The van der Waals surface area contributed by atoms with Gasteiger partial charge in [0.15, 0.2) is 22.5 Å². The Morgan fingerprint density at radius 3 is 2.68 bits per heavy atom. The van der Waals surface area contributed by atoms with E-state index in [2.05, 4.69) is 20.7 Å². The average Bonchev–Trinajstić information content (AvgIpc) is 3.20. The Bertz CT molecular complexity index is 1080. The summed E-state index contributed by atoms with van der Waals surface area (Å²) >= 11 is 1.31. The van der Waals surface area contributed by atoms with Crippen LogP contribution in [0.4, 0.5) is 0 Å². The fraction of sp³-hybridized carbons (Fsp3) is 0.273. The molecule has 9 heteroatoms. The highest BCUT2D eigenvalue weighted by Gasteiger charge is 2.16. The van der Waals surface area contributed by atoms with Crippen molar-refractivity contribution in [2.75, 3.05) is 20.0 Å². The van der Waals surface area contributed by atoms with E-state index >= 15 is 0 Å². The van der Waals surface area contributed by atoms with Gasteiger partial charge in [-0.2, -0.15) is 5.10 Å². The third kappa shape index (κ3) is 5.64. The molecule has 0 saturated carbocycles. The van der Waals surface area contributed by atoms with Gasteiger partial charge in [0.2, 0.25) is 0 Å². The molecule has 0 aliphatic carbocycles. The highest BCUT2D eigenvalue weighted by atomic mass is 32.2. The van der Waals surface area contributed by atoms with Crippen molar-refractivity contribution >= 4 is 23.9 Å². The van der Waals surface area contributed by atoms with Crippen molar-refractivity contribution in [2.45, 2.75) is 25.5 Å². The maximum absolute atomic E-state index is 12.2. The van der Waals surface area contributed by atoms with Gasteiger partial charge in [-0.05, 0) is 37.6 Å². The lowest BCUT2D eigenvalue weighted by atomic mass is 10.2. The van der Waals surface area contributed by atoms with Crippen LogP contribution in [-0.2, 0) is 11.3 Å². The molecule has 1 N–H and O–H groups in total. The summed E-state index contributed by atoms with van der Waals surface area (Å²) in [4.78, 5) is 12.2. The summed E-state index contributed by atoms with van der Waals surface area (Å²) in [5.41, 5.74) is 5.46. The second kappa shape index (κ2) is 10.6. The number of hydrogen-bond donors (Lipinski definition) is 1. The van der Waals surface area contributed by atoms with Gasteiger partial charge in [0.25, 0.3) is 5.91 Å². The van der Waals surface area contributed by atoms with Crippen molar-refractivity contribution in [3.63, 3.8) is 0 Å². The number of thioether (sulfide) groups is 1. The predicted molar refractivity (Wildman–Crippen MR) is 122 cm³/mol. The molecule has 162 valence electrons. The first-order valence-corrected chi connectivity index (χ1v) is 10.7. The van der Waals surface area contributed by atoms with E-state index in [0.29, 0.717) is 29.0 Å². The van der Waals surface area contributed by atoms with Crippen LogP contribution in [0, 0.1) is 6.92 Å². The molecular weight excluding hydrogens is 414 g/mol. The molecule has 31 heavy (non-hydrogen) atoms. The van der Waals surface area contributed by atoms with Crippen LogP contribution in [0.2, 0.25) is 0 Å². The quantitative estimate of drug-likeness (QED) is 0.312. The maximum atomic E-state index is 12.2. The van der Waals surface area contributed by atoms with Crippen LogP contribution in [0.15, 0.2) is 52.7 Å². The van der Waals surface area contributed by atoms with Gasteiger partial charge in [0.05, 0.1) is 26.2 Å². The van der Waals surface area contributed by atoms with E-state index in [0.717, 1.165) is 16.7 Å². The van der Waals surface area contributed by atoms with E-state index in [1.807, 2.05) is 60.9 Å². The largest absolute Gasteiger partial charge is 0.493 e. The van der Waals surface area contributed by atoms with E-state index in [4.69, 9.17) is 9.47 Å². The van der Waals surface area contributed by atoms with Crippen molar-refractivity contribution in [3.05, 3.63) is 53.6 Å². The molecule has 3 aromatic rings. The van der Waals surface area contributed by atoms with Gasteiger partial charge in [-0.25, -0.2) is 5.43 Å². The summed E-state index contributed by atoms with van der Waals surface area (Å²) in [6.45, 7) is 4.67. The van der Waals surface area contributed by atoms with Crippen LogP contribution in [-0.4, -0.2) is 46.9 Å². The third-order valence-electron chi connectivity index (χ3n) is 4.45. The number of nitrogens with one attached hydrogen (secondary N) is 1. The Morgan fingerprint density at radius 2 is 1.97 bits per heavy atom. The van der Waals surface area contributed by atoms with Crippen molar-refractivity contribution in [2.24, 2.45) is 5.10 Å². The molecule has 1 aromatic heterocycles. The summed E-state index contributed by atoms with van der Waals surface area (Å²) < 4.78 is 12.6. The zero-order chi connectivity index (χ0) is 22.2. The first kappa shape index (κ1) is 22.4. The van der Waals surface area contributed by atoms with E-state index in [-0.39, 0.29) is 11.7 Å². The minimum atomic E-state index is -0.216. The van der Waals surface area contributed by atoms with Crippen LogP contribution in [0.3, 0.4) is 0 Å². The van der Waals surface area contributed by atoms with Gasteiger partial charge < -0.3 is 14.0 Å². The fourth-order valence-corrected chi connectivity index (χ4v) is 3.76. The summed E-state index contributed by atoms with van der Waals surface area (Å²) in [6.07, 6.45) is 1.62. The lowest BCUT2D eigenvalue weighted by Gasteiger charge is -2.10. The lowest BCUT2D eigenvalue weighted by molar-refractivity contribution is -0.118. The van der Waals surface area contributed by atoms with E-state index in [9.17, 15) is 4.79 Å². The molecule has 0 bridgehead atoms. The second-order valence-electron chi connectivity index (χ2n) is 6.62. The Hall–Kier alpha value is -3.33. The van der Waals surface area contributed by atoms with E-state index < -0.39 is 0 Å². The predicted octanol–water partition coefficient (Wildman–Crippen LogP) is 3.53. The molecule has 0 saturated heterocycles. The van der Waals surface area contributed by atoms with E-state index in [1.54, 1.807) is 20.4 Å². The Labute approximate surface area is 185 Å². The number of benzene rings is 2. The maximum Gasteiger partial charge on any atom is 0.250 e. The molecule has 0 atom stereocenters. The molecule has 0 fully saturated rings. The zero-order valence-electron chi connectivity index (χ0n) is 18.0. The highest BCUT2D eigenvalue weighted by molar-refractivity contribution is 7.99. The molecule has 8 nitrogen and oxygen atoms in total. The highest BCUT2D eigenvalue weighted by Crippen LogP contribution is 2.32. The molecular formula is C22H25N5O3S. The number of nitrogens with zero attached hydrogens (tertiary/aromatic N) is 4. The minimum Gasteiger partial charge on any atom is -0.493 e. The normalized spacial score (nSPS) is 11.0. The van der Waals surface area contributed by atoms with Gasteiger partial charge >= 0.3 is 0 Å². The number of amides is 1. The van der Waals surface area contributed by atoms with Crippen LogP contribution in [0.5, 0.6) is 11.5 Å². The Kier molecular flexibility index (Phi) is 7.66.